The summed E-state index contributed by atoms with van der Waals surface area (Å²) in [5.41, 5.74) is 3.03. The number of unbranched alkanes of at least 4 members (excludes halogenated alkanes) is 5. The van der Waals surface area contributed by atoms with E-state index in [0.717, 1.165) is 50.4 Å². The number of carboxylic acids is 2. The molecule has 3 aromatic rings. The van der Waals surface area contributed by atoms with Gasteiger partial charge in [0.1, 0.15) is 17.2 Å². The van der Waals surface area contributed by atoms with Crippen LogP contribution < -0.4 is 9.47 Å². The first-order chi connectivity index (χ1) is 19.8. The average Bonchev–Trinajstić information content (AvgIpc) is 2.96. The standard InChI is InChI=1S/C32H37NO7S/c1-39-28-15-12-24(13-16-28)9-6-4-2-3-5-7-20-40-30-18-14-27(33-29(30)17-19-31(34)35)23-41(38)22-25-10-8-11-26(21-25)32(36)37/h8,10-19,21H,2-7,9,20,22-23H2,1H3,(H,34,35)(H,36,37)/b19-17+. The minimum absolute atomic E-state index is 0.143. The lowest BCUT2D eigenvalue weighted by Gasteiger charge is -2.11. The molecule has 1 aromatic heterocycles. The molecular weight excluding hydrogens is 542 g/mol. The molecule has 9 heteroatoms. The third kappa shape index (κ3) is 11.6. The number of benzene rings is 2. The number of ether oxygens (including phenoxy) is 2. The van der Waals surface area contributed by atoms with E-state index in [1.807, 2.05) is 12.1 Å². The molecule has 41 heavy (non-hydrogen) atoms. The maximum Gasteiger partial charge on any atom is 0.335 e. The van der Waals surface area contributed by atoms with Crippen molar-refractivity contribution in [1.82, 2.24) is 4.98 Å². The van der Waals surface area contributed by atoms with Crippen molar-refractivity contribution in [2.24, 2.45) is 0 Å². The van der Waals surface area contributed by atoms with Crippen LogP contribution >= 0.6 is 0 Å². The van der Waals surface area contributed by atoms with Gasteiger partial charge in [0.05, 0.1) is 30.7 Å². The normalized spacial score (nSPS) is 11.8. The first kappa shape index (κ1) is 31.5. The van der Waals surface area contributed by atoms with Crippen molar-refractivity contribution < 1.29 is 33.5 Å². The molecule has 0 fully saturated rings. The van der Waals surface area contributed by atoms with E-state index in [9.17, 15) is 13.8 Å². The van der Waals surface area contributed by atoms with Crippen molar-refractivity contribution in [2.75, 3.05) is 13.7 Å². The molecule has 0 bridgehead atoms. The minimum atomic E-state index is -1.34. The molecule has 3 rings (SSSR count). The second kappa shape index (κ2) is 17.0. The fourth-order valence-electron chi connectivity index (χ4n) is 4.29. The number of carbonyl (C=O) groups is 2. The number of pyridine rings is 1. The highest BCUT2D eigenvalue weighted by atomic mass is 32.2. The summed E-state index contributed by atoms with van der Waals surface area (Å²) in [6.45, 7) is 0.493. The number of aromatic nitrogens is 1. The quantitative estimate of drug-likeness (QED) is 0.133. The lowest BCUT2D eigenvalue weighted by molar-refractivity contribution is -0.131. The lowest BCUT2D eigenvalue weighted by atomic mass is 10.0. The van der Waals surface area contributed by atoms with Crippen molar-refractivity contribution in [3.8, 4) is 11.5 Å². The molecular formula is C32H37NO7S. The van der Waals surface area contributed by atoms with Gasteiger partial charge in [-0.25, -0.2) is 14.6 Å². The van der Waals surface area contributed by atoms with Gasteiger partial charge in [-0.2, -0.15) is 0 Å². The van der Waals surface area contributed by atoms with Gasteiger partial charge in [-0.15, -0.1) is 0 Å². The van der Waals surface area contributed by atoms with E-state index in [1.54, 1.807) is 31.4 Å². The van der Waals surface area contributed by atoms with Gasteiger partial charge in [-0.3, -0.25) is 4.21 Å². The molecule has 2 aromatic carbocycles. The number of aliphatic carboxylic acids is 1. The van der Waals surface area contributed by atoms with Crippen LogP contribution in [0.2, 0.25) is 0 Å². The first-order valence-electron chi connectivity index (χ1n) is 13.7. The number of methoxy groups -OCH3 is 1. The fourth-order valence-corrected chi connectivity index (χ4v) is 5.43. The second-order valence-electron chi connectivity index (χ2n) is 9.66. The van der Waals surface area contributed by atoms with Crippen LogP contribution in [0.1, 0.15) is 71.4 Å². The van der Waals surface area contributed by atoms with Gasteiger partial charge in [0.25, 0.3) is 0 Å². The molecule has 0 aliphatic rings. The highest BCUT2D eigenvalue weighted by Gasteiger charge is 2.11. The Kier molecular flexibility index (Phi) is 13.1. The Bertz CT molecular complexity index is 1340. The van der Waals surface area contributed by atoms with Crippen molar-refractivity contribution in [3.05, 3.63) is 94.8 Å². The Morgan fingerprint density at radius 1 is 0.878 bits per heavy atom. The molecule has 0 aliphatic heterocycles. The first-order valence-corrected chi connectivity index (χ1v) is 15.2. The largest absolute Gasteiger partial charge is 0.497 e. The molecule has 8 nitrogen and oxygen atoms in total. The number of nitrogens with zero attached hydrogens (tertiary/aromatic N) is 1. The van der Waals surface area contributed by atoms with Crippen LogP contribution in [0.3, 0.4) is 0 Å². The lowest BCUT2D eigenvalue weighted by Crippen LogP contribution is -2.05. The maximum absolute atomic E-state index is 12.7. The van der Waals surface area contributed by atoms with Gasteiger partial charge in [0.2, 0.25) is 0 Å². The Hall–Kier alpha value is -3.98. The number of carboxylic acid groups (broad SMARTS) is 2. The molecule has 1 atom stereocenters. The van der Waals surface area contributed by atoms with E-state index >= 15 is 0 Å². The number of aryl methyl sites for hydroxylation is 1. The summed E-state index contributed by atoms with van der Waals surface area (Å²) in [4.78, 5) is 26.8. The van der Waals surface area contributed by atoms with E-state index < -0.39 is 22.7 Å². The van der Waals surface area contributed by atoms with E-state index in [0.29, 0.717) is 29.3 Å². The Labute approximate surface area is 243 Å². The number of hydrogen-bond donors (Lipinski definition) is 2. The van der Waals surface area contributed by atoms with Gasteiger partial charge in [0.15, 0.2) is 0 Å². The predicted octanol–water partition coefficient (Wildman–Crippen LogP) is 6.30. The summed E-state index contributed by atoms with van der Waals surface area (Å²) in [5, 5.41) is 18.2. The van der Waals surface area contributed by atoms with E-state index in [4.69, 9.17) is 19.7 Å². The number of hydrogen-bond acceptors (Lipinski definition) is 6. The summed E-state index contributed by atoms with van der Waals surface area (Å²) in [7, 11) is 0.333. The van der Waals surface area contributed by atoms with Gasteiger partial charge in [-0.1, -0.05) is 49.9 Å². The van der Waals surface area contributed by atoms with Gasteiger partial charge in [0, 0.05) is 22.6 Å². The van der Waals surface area contributed by atoms with Crippen LogP contribution in [0.5, 0.6) is 11.5 Å². The summed E-state index contributed by atoms with van der Waals surface area (Å²) in [6.07, 6.45) is 9.97. The second-order valence-corrected chi connectivity index (χ2v) is 11.1. The third-order valence-corrected chi connectivity index (χ3v) is 7.69. The van der Waals surface area contributed by atoms with Crippen molar-refractivity contribution in [1.29, 1.82) is 0 Å². The van der Waals surface area contributed by atoms with E-state index in [-0.39, 0.29) is 17.1 Å². The molecule has 2 N–H and O–H groups in total. The smallest absolute Gasteiger partial charge is 0.335 e. The molecule has 218 valence electrons. The minimum Gasteiger partial charge on any atom is -0.497 e. The maximum atomic E-state index is 12.7. The van der Waals surface area contributed by atoms with Gasteiger partial charge >= 0.3 is 11.9 Å². The highest BCUT2D eigenvalue weighted by Crippen LogP contribution is 2.21. The van der Waals surface area contributed by atoms with Gasteiger partial charge < -0.3 is 19.7 Å². The SMILES string of the molecule is COc1ccc(CCCCCCCCOc2ccc(CS(=O)Cc3cccc(C(=O)O)c3)nc2/C=C/C(=O)O)cc1. The third-order valence-electron chi connectivity index (χ3n) is 6.41. The van der Waals surface area contributed by atoms with Gasteiger partial charge in [-0.05, 0) is 72.9 Å². The highest BCUT2D eigenvalue weighted by molar-refractivity contribution is 7.83. The van der Waals surface area contributed by atoms with Crippen LogP contribution in [0.25, 0.3) is 6.08 Å². The van der Waals surface area contributed by atoms with Crippen LogP contribution in [0.15, 0.2) is 66.7 Å². The molecule has 0 saturated heterocycles. The Morgan fingerprint density at radius 2 is 1.61 bits per heavy atom. The monoisotopic (exact) mass is 579 g/mol. The molecule has 0 amide bonds. The van der Waals surface area contributed by atoms with E-state index in [1.165, 1.54) is 30.2 Å². The van der Waals surface area contributed by atoms with Crippen LogP contribution in [0, 0.1) is 0 Å². The Balaban J connectivity index is 1.43. The topological polar surface area (TPSA) is 123 Å². The molecule has 0 aliphatic carbocycles. The zero-order chi connectivity index (χ0) is 29.5. The van der Waals surface area contributed by atoms with E-state index in [2.05, 4.69) is 17.1 Å². The van der Waals surface area contributed by atoms with Crippen molar-refractivity contribution >= 4 is 28.8 Å². The molecule has 1 heterocycles. The van der Waals surface area contributed by atoms with Crippen LogP contribution in [0.4, 0.5) is 0 Å². The molecule has 0 spiro atoms. The van der Waals surface area contributed by atoms with Crippen LogP contribution in [-0.4, -0.2) is 45.1 Å². The summed E-state index contributed by atoms with van der Waals surface area (Å²) in [6, 6.07) is 18.0. The molecule has 1 unspecified atom stereocenters. The zero-order valence-corrected chi connectivity index (χ0v) is 24.1. The van der Waals surface area contributed by atoms with Crippen LogP contribution in [-0.2, 0) is 33.5 Å². The fraction of sp³-hybridized carbons (Fsp3) is 0.344. The Morgan fingerprint density at radius 3 is 2.32 bits per heavy atom. The predicted molar refractivity (Wildman–Crippen MR) is 160 cm³/mol. The summed E-state index contributed by atoms with van der Waals surface area (Å²) >= 11 is 0. The zero-order valence-electron chi connectivity index (χ0n) is 23.3. The van der Waals surface area contributed by atoms with Crippen molar-refractivity contribution in [2.45, 2.75) is 56.5 Å². The average molecular weight is 580 g/mol. The van der Waals surface area contributed by atoms with Crippen molar-refractivity contribution in [3.63, 3.8) is 0 Å². The summed E-state index contributed by atoms with van der Waals surface area (Å²) < 4.78 is 23.8. The number of rotatable bonds is 18. The molecule has 0 radical (unpaired) electrons. The number of aromatic carboxylic acids is 1. The molecule has 0 saturated carbocycles. The summed E-state index contributed by atoms with van der Waals surface area (Å²) in [5.74, 6) is -0.456.